The summed E-state index contributed by atoms with van der Waals surface area (Å²) in [5.74, 6) is -0.813. The SMILES string of the molecule is C=CCN1C(=O)S/C(=C/c2ccc(-c3cc(C(=O)[O-])ccc3C)o2)C1=O. The van der Waals surface area contributed by atoms with Crippen LogP contribution in [0, 0.1) is 6.92 Å². The summed E-state index contributed by atoms with van der Waals surface area (Å²) in [7, 11) is 0. The van der Waals surface area contributed by atoms with Crippen molar-refractivity contribution in [3.8, 4) is 11.3 Å². The molecule has 1 fully saturated rings. The van der Waals surface area contributed by atoms with Crippen LogP contribution in [0.3, 0.4) is 0 Å². The van der Waals surface area contributed by atoms with E-state index in [1.54, 1.807) is 18.2 Å². The third kappa shape index (κ3) is 3.34. The Bertz CT molecular complexity index is 957. The maximum absolute atomic E-state index is 12.2. The Morgan fingerprint density at radius 2 is 2.08 bits per heavy atom. The van der Waals surface area contributed by atoms with E-state index in [0.29, 0.717) is 17.1 Å². The molecular weight excluding hydrogens is 354 g/mol. The van der Waals surface area contributed by atoms with Gasteiger partial charge in [-0.2, -0.15) is 0 Å². The Balaban J connectivity index is 1.91. The number of aromatic carboxylic acids is 1. The van der Waals surface area contributed by atoms with Crippen LogP contribution >= 0.6 is 11.8 Å². The topological polar surface area (TPSA) is 90.7 Å². The van der Waals surface area contributed by atoms with E-state index in [1.165, 1.54) is 24.3 Å². The lowest BCUT2D eigenvalue weighted by molar-refractivity contribution is -0.255. The van der Waals surface area contributed by atoms with Gasteiger partial charge in [-0.25, -0.2) is 0 Å². The predicted molar refractivity (Wildman–Crippen MR) is 96.1 cm³/mol. The van der Waals surface area contributed by atoms with Crippen molar-refractivity contribution in [1.29, 1.82) is 0 Å². The quantitative estimate of drug-likeness (QED) is 0.595. The fraction of sp³-hybridized carbons (Fsp3) is 0.105. The van der Waals surface area contributed by atoms with Crippen LogP contribution in [-0.4, -0.2) is 28.6 Å². The summed E-state index contributed by atoms with van der Waals surface area (Å²) < 4.78 is 5.72. The Morgan fingerprint density at radius 1 is 1.31 bits per heavy atom. The van der Waals surface area contributed by atoms with Crippen LogP contribution in [-0.2, 0) is 4.79 Å². The third-order valence-electron chi connectivity index (χ3n) is 3.82. The highest BCUT2D eigenvalue weighted by Crippen LogP contribution is 2.33. The van der Waals surface area contributed by atoms with Crippen LogP contribution in [0.2, 0.25) is 0 Å². The van der Waals surface area contributed by atoms with Gasteiger partial charge in [0.25, 0.3) is 11.1 Å². The third-order valence-corrected chi connectivity index (χ3v) is 4.73. The molecule has 0 saturated carbocycles. The first kappa shape index (κ1) is 17.8. The van der Waals surface area contributed by atoms with Crippen molar-refractivity contribution in [1.82, 2.24) is 4.90 Å². The van der Waals surface area contributed by atoms with Crippen molar-refractivity contribution < 1.29 is 23.9 Å². The molecule has 6 nitrogen and oxygen atoms in total. The fourth-order valence-electron chi connectivity index (χ4n) is 2.51. The molecule has 0 N–H and O–H groups in total. The molecule has 26 heavy (non-hydrogen) atoms. The first-order valence-electron chi connectivity index (χ1n) is 7.69. The van der Waals surface area contributed by atoms with E-state index in [0.717, 1.165) is 22.2 Å². The first-order chi connectivity index (χ1) is 12.4. The lowest BCUT2D eigenvalue weighted by atomic mass is 10.0. The molecule has 0 radical (unpaired) electrons. The number of furan rings is 1. The van der Waals surface area contributed by atoms with Gasteiger partial charge in [0, 0.05) is 18.2 Å². The van der Waals surface area contributed by atoms with Gasteiger partial charge in [-0.15, -0.1) is 6.58 Å². The van der Waals surface area contributed by atoms with Crippen molar-refractivity contribution in [2.45, 2.75) is 6.92 Å². The minimum absolute atomic E-state index is 0.0501. The second-order valence-corrected chi connectivity index (χ2v) is 6.59. The largest absolute Gasteiger partial charge is 0.545 e. The molecule has 0 bridgehead atoms. The first-order valence-corrected chi connectivity index (χ1v) is 8.51. The zero-order valence-electron chi connectivity index (χ0n) is 13.9. The van der Waals surface area contributed by atoms with E-state index in [-0.39, 0.29) is 22.3 Å². The number of benzene rings is 1. The van der Waals surface area contributed by atoms with Crippen LogP contribution in [0.25, 0.3) is 17.4 Å². The number of rotatable bonds is 5. The number of carboxylic acid groups (broad SMARTS) is 1. The van der Waals surface area contributed by atoms with Crippen LogP contribution in [0.1, 0.15) is 21.7 Å². The summed E-state index contributed by atoms with van der Waals surface area (Å²) in [6.45, 7) is 5.51. The van der Waals surface area contributed by atoms with Gasteiger partial charge in [0.15, 0.2) is 0 Å². The summed E-state index contributed by atoms with van der Waals surface area (Å²) in [5, 5.41) is 10.7. The van der Waals surface area contributed by atoms with E-state index >= 15 is 0 Å². The van der Waals surface area contributed by atoms with E-state index in [1.807, 2.05) is 6.92 Å². The highest BCUT2D eigenvalue weighted by Gasteiger charge is 2.34. The second-order valence-electron chi connectivity index (χ2n) is 5.60. The van der Waals surface area contributed by atoms with E-state index in [4.69, 9.17) is 4.42 Å². The number of hydrogen-bond acceptors (Lipinski definition) is 6. The Morgan fingerprint density at radius 3 is 2.77 bits per heavy atom. The molecule has 3 rings (SSSR count). The Labute approximate surface area is 153 Å². The highest BCUT2D eigenvalue weighted by molar-refractivity contribution is 8.18. The minimum atomic E-state index is -1.27. The van der Waals surface area contributed by atoms with Crippen LogP contribution < -0.4 is 5.11 Å². The number of carbonyl (C=O) groups excluding carboxylic acids is 3. The zero-order chi connectivity index (χ0) is 18.8. The molecule has 7 heteroatoms. The van der Waals surface area contributed by atoms with Gasteiger partial charge in [-0.3, -0.25) is 14.5 Å². The van der Waals surface area contributed by atoms with E-state index < -0.39 is 11.9 Å². The molecule has 2 amide bonds. The molecule has 0 aliphatic carbocycles. The molecule has 1 saturated heterocycles. The summed E-state index contributed by atoms with van der Waals surface area (Å²) in [6.07, 6.45) is 2.98. The maximum atomic E-state index is 12.2. The van der Waals surface area contributed by atoms with Crippen molar-refractivity contribution in [2.75, 3.05) is 6.54 Å². The maximum Gasteiger partial charge on any atom is 0.293 e. The second kappa shape index (κ2) is 7.05. The summed E-state index contributed by atoms with van der Waals surface area (Å²) >= 11 is 0.836. The monoisotopic (exact) mass is 368 g/mol. The number of thioether (sulfide) groups is 1. The molecule has 2 heterocycles. The molecule has 0 unspecified atom stereocenters. The van der Waals surface area contributed by atoms with Gasteiger partial charge in [0.05, 0.1) is 10.9 Å². The molecule has 1 aromatic heterocycles. The van der Waals surface area contributed by atoms with Crippen molar-refractivity contribution in [3.63, 3.8) is 0 Å². The summed E-state index contributed by atoms with van der Waals surface area (Å²) in [4.78, 5) is 36.5. The Hall–Kier alpha value is -3.06. The van der Waals surface area contributed by atoms with Crippen LogP contribution in [0.5, 0.6) is 0 Å². The Kier molecular flexibility index (Phi) is 4.81. The van der Waals surface area contributed by atoms with Gasteiger partial charge < -0.3 is 14.3 Å². The van der Waals surface area contributed by atoms with Gasteiger partial charge in [0.1, 0.15) is 11.5 Å². The summed E-state index contributed by atoms with van der Waals surface area (Å²) in [5.41, 5.74) is 1.50. The summed E-state index contributed by atoms with van der Waals surface area (Å²) in [6, 6.07) is 7.95. The van der Waals surface area contributed by atoms with Crippen LogP contribution in [0.15, 0.2) is 52.3 Å². The molecule has 2 aromatic rings. The number of nitrogens with zero attached hydrogens (tertiary/aromatic N) is 1. The number of aryl methyl sites for hydroxylation is 1. The predicted octanol–water partition coefficient (Wildman–Crippen LogP) is 2.84. The lowest BCUT2D eigenvalue weighted by Gasteiger charge is -2.07. The van der Waals surface area contributed by atoms with Crippen LogP contribution in [0.4, 0.5) is 4.79 Å². The van der Waals surface area contributed by atoms with E-state index in [9.17, 15) is 19.5 Å². The zero-order valence-corrected chi connectivity index (χ0v) is 14.7. The van der Waals surface area contributed by atoms with E-state index in [2.05, 4.69) is 6.58 Å². The number of amides is 2. The van der Waals surface area contributed by atoms with Gasteiger partial charge in [0.2, 0.25) is 0 Å². The standard InChI is InChI=1S/C19H15NO5S/c1-3-8-20-17(21)16(26-19(20)24)10-13-6-7-15(25-13)14-9-12(18(22)23)5-4-11(14)2/h3-7,9-10H,1,8H2,2H3,(H,22,23)/p-1/b16-10+. The average molecular weight is 368 g/mol. The molecule has 0 atom stereocenters. The molecular formula is C19H14NO5S-. The molecule has 1 aliphatic rings. The molecule has 0 spiro atoms. The van der Waals surface area contributed by atoms with Crippen molar-refractivity contribution >= 4 is 35.0 Å². The molecule has 1 aliphatic heterocycles. The molecule has 1 aromatic carbocycles. The normalized spacial score (nSPS) is 15.7. The number of imide groups is 1. The lowest BCUT2D eigenvalue weighted by Crippen LogP contribution is -2.27. The number of hydrogen-bond donors (Lipinski definition) is 0. The van der Waals surface area contributed by atoms with Gasteiger partial charge >= 0.3 is 0 Å². The average Bonchev–Trinajstić information content (AvgIpc) is 3.16. The highest BCUT2D eigenvalue weighted by atomic mass is 32.2. The van der Waals surface area contributed by atoms with Gasteiger partial charge in [-0.05, 0) is 48.0 Å². The smallest absolute Gasteiger partial charge is 0.293 e. The van der Waals surface area contributed by atoms with Crippen molar-refractivity contribution in [2.24, 2.45) is 0 Å². The van der Waals surface area contributed by atoms with Gasteiger partial charge in [-0.1, -0.05) is 18.2 Å². The fourth-order valence-corrected chi connectivity index (χ4v) is 3.33. The number of carbonyl (C=O) groups is 3. The number of carboxylic acids is 1. The minimum Gasteiger partial charge on any atom is -0.545 e. The molecule has 132 valence electrons. The van der Waals surface area contributed by atoms with Crippen molar-refractivity contribution in [3.05, 3.63) is 64.8 Å².